The monoisotopic (exact) mass is 291 g/mol. The van der Waals surface area contributed by atoms with Crippen LogP contribution in [0.3, 0.4) is 0 Å². The summed E-state index contributed by atoms with van der Waals surface area (Å²) in [5, 5.41) is 5.86. The molecule has 1 amide bonds. The van der Waals surface area contributed by atoms with Crippen molar-refractivity contribution in [3.63, 3.8) is 0 Å². The number of rotatable bonds is 2. The summed E-state index contributed by atoms with van der Waals surface area (Å²) in [5.74, 6) is 1.59. The lowest BCUT2D eigenvalue weighted by Gasteiger charge is -2.18. The SMILES string of the molecule is Cc1ccc(-c2nc(C(=O)N3CCCNCC3)cs2)o1. The van der Waals surface area contributed by atoms with Crippen molar-refractivity contribution in [2.45, 2.75) is 13.3 Å². The van der Waals surface area contributed by atoms with Gasteiger partial charge >= 0.3 is 0 Å². The number of furan rings is 1. The molecule has 0 atom stereocenters. The van der Waals surface area contributed by atoms with Crippen LogP contribution in [-0.2, 0) is 0 Å². The molecule has 1 fully saturated rings. The van der Waals surface area contributed by atoms with Gasteiger partial charge in [-0.2, -0.15) is 0 Å². The molecule has 0 spiro atoms. The fraction of sp³-hybridized carbons (Fsp3) is 0.429. The smallest absolute Gasteiger partial charge is 0.273 e. The van der Waals surface area contributed by atoms with E-state index in [9.17, 15) is 4.79 Å². The molecule has 1 aliphatic heterocycles. The molecule has 3 heterocycles. The number of hydrogen-bond acceptors (Lipinski definition) is 5. The van der Waals surface area contributed by atoms with E-state index in [-0.39, 0.29) is 5.91 Å². The quantitative estimate of drug-likeness (QED) is 0.921. The second kappa shape index (κ2) is 5.76. The number of amides is 1. The Hall–Kier alpha value is -1.66. The number of aromatic nitrogens is 1. The maximum atomic E-state index is 12.4. The molecular formula is C14H17N3O2S. The summed E-state index contributed by atoms with van der Waals surface area (Å²) >= 11 is 1.45. The Bertz CT molecular complexity index is 597. The molecule has 6 heteroatoms. The van der Waals surface area contributed by atoms with E-state index in [2.05, 4.69) is 10.3 Å². The fourth-order valence-corrected chi connectivity index (χ4v) is 3.00. The van der Waals surface area contributed by atoms with Crippen LogP contribution in [0.25, 0.3) is 10.8 Å². The summed E-state index contributed by atoms with van der Waals surface area (Å²) in [4.78, 5) is 18.7. The molecule has 5 nitrogen and oxygen atoms in total. The first-order valence-corrected chi connectivity index (χ1v) is 7.64. The average molecular weight is 291 g/mol. The second-order valence-electron chi connectivity index (χ2n) is 4.84. The normalized spacial score (nSPS) is 16.1. The zero-order valence-corrected chi connectivity index (χ0v) is 12.2. The van der Waals surface area contributed by atoms with Crippen molar-refractivity contribution < 1.29 is 9.21 Å². The molecule has 1 saturated heterocycles. The molecule has 2 aromatic rings. The van der Waals surface area contributed by atoms with E-state index < -0.39 is 0 Å². The third kappa shape index (κ3) is 2.76. The molecular weight excluding hydrogens is 274 g/mol. The highest BCUT2D eigenvalue weighted by Crippen LogP contribution is 2.26. The van der Waals surface area contributed by atoms with Gasteiger partial charge in [-0.05, 0) is 32.0 Å². The van der Waals surface area contributed by atoms with Crippen molar-refractivity contribution in [3.05, 3.63) is 29.0 Å². The molecule has 1 N–H and O–H groups in total. The van der Waals surface area contributed by atoms with Gasteiger partial charge in [0, 0.05) is 25.0 Å². The van der Waals surface area contributed by atoms with Crippen molar-refractivity contribution in [1.29, 1.82) is 0 Å². The number of carbonyl (C=O) groups excluding carboxylic acids is 1. The molecule has 20 heavy (non-hydrogen) atoms. The minimum Gasteiger partial charge on any atom is -0.459 e. The Labute approximate surface area is 121 Å². The number of carbonyl (C=O) groups is 1. The predicted octanol–water partition coefficient (Wildman–Crippen LogP) is 2.15. The van der Waals surface area contributed by atoms with Crippen LogP contribution in [0.4, 0.5) is 0 Å². The summed E-state index contributed by atoms with van der Waals surface area (Å²) < 4.78 is 5.54. The lowest BCUT2D eigenvalue weighted by molar-refractivity contribution is 0.0761. The zero-order valence-electron chi connectivity index (χ0n) is 11.4. The minimum absolute atomic E-state index is 0.0134. The summed E-state index contributed by atoms with van der Waals surface area (Å²) in [6.07, 6.45) is 0.986. The molecule has 0 radical (unpaired) electrons. The van der Waals surface area contributed by atoms with Gasteiger partial charge in [-0.3, -0.25) is 4.79 Å². The van der Waals surface area contributed by atoms with E-state index in [1.54, 1.807) is 0 Å². The van der Waals surface area contributed by atoms with Crippen LogP contribution in [0.15, 0.2) is 21.9 Å². The maximum Gasteiger partial charge on any atom is 0.273 e. The average Bonchev–Trinajstić information content (AvgIpc) is 3.00. The van der Waals surface area contributed by atoms with Gasteiger partial charge in [0.2, 0.25) is 0 Å². The van der Waals surface area contributed by atoms with Gasteiger partial charge in [0.25, 0.3) is 5.91 Å². The molecule has 3 rings (SSSR count). The van der Waals surface area contributed by atoms with Crippen LogP contribution in [-0.4, -0.2) is 42.0 Å². The van der Waals surface area contributed by atoms with E-state index in [4.69, 9.17) is 4.42 Å². The van der Waals surface area contributed by atoms with Gasteiger partial charge in [-0.25, -0.2) is 4.98 Å². The number of thiazole rings is 1. The highest BCUT2D eigenvalue weighted by atomic mass is 32.1. The molecule has 0 bridgehead atoms. The van der Waals surface area contributed by atoms with Gasteiger partial charge in [0.1, 0.15) is 11.5 Å². The molecule has 1 aliphatic rings. The second-order valence-corrected chi connectivity index (χ2v) is 5.70. The summed E-state index contributed by atoms with van der Waals surface area (Å²) in [6, 6.07) is 3.79. The lowest BCUT2D eigenvalue weighted by atomic mass is 10.3. The van der Waals surface area contributed by atoms with Crippen molar-refractivity contribution >= 4 is 17.2 Å². The zero-order chi connectivity index (χ0) is 13.9. The van der Waals surface area contributed by atoms with E-state index >= 15 is 0 Å². The number of aryl methyl sites for hydroxylation is 1. The van der Waals surface area contributed by atoms with Crippen LogP contribution in [0.2, 0.25) is 0 Å². The van der Waals surface area contributed by atoms with Crippen LogP contribution in [0.5, 0.6) is 0 Å². The third-order valence-electron chi connectivity index (χ3n) is 3.30. The molecule has 0 unspecified atom stereocenters. The number of nitrogens with zero attached hydrogens (tertiary/aromatic N) is 2. The van der Waals surface area contributed by atoms with E-state index in [0.717, 1.165) is 49.1 Å². The molecule has 0 aromatic carbocycles. The predicted molar refractivity (Wildman–Crippen MR) is 77.9 cm³/mol. The van der Waals surface area contributed by atoms with Crippen molar-refractivity contribution in [3.8, 4) is 10.8 Å². The third-order valence-corrected chi connectivity index (χ3v) is 4.16. The standard InChI is InChI=1S/C14H17N3O2S/c1-10-3-4-12(19-10)13-16-11(9-20-13)14(18)17-7-2-5-15-6-8-17/h3-4,9,15H,2,5-8H2,1H3. The first kappa shape index (κ1) is 13.3. The Morgan fingerprint density at radius 3 is 3.10 bits per heavy atom. The molecule has 2 aromatic heterocycles. The van der Waals surface area contributed by atoms with Crippen molar-refractivity contribution in [2.75, 3.05) is 26.2 Å². The summed E-state index contributed by atoms with van der Waals surface area (Å²) in [6.45, 7) is 5.25. The van der Waals surface area contributed by atoms with Crippen molar-refractivity contribution in [2.24, 2.45) is 0 Å². The van der Waals surface area contributed by atoms with Crippen molar-refractivity contribution in [1.82, 2.24) is 15.2 Å². The number of hydrogen-bond donors (Lipinski definition) is 1. The largest absolute Gasteiger partial charge is 0.459 e. The van der Waals surface area contributed by atoms with E-state index in [0.29, 0.717) is 5.69 Å². The van der Waals surface area contributed by atoms with Crippen LogP contribution in [0, 0.1) is 6.92 Å². The molecule has 0 aliphatic carbocycles. The van der Waals surface area contributed by atoms with Crippen LogP contribution < -0.4 is 5.32 Å². The topological polar surface area (TPSA) is 58.4 Å². The molecule has 0 saturated carbocycles. The molecule has 106 valence electrons. The summed E-state index contributed by atoms with van der Waals surface area (Å²) in [5.41, 5.74) is 0.515. The Morgan fingerprint density at radius 2 is 2.30 bits per heavy atom. The fourth-order valence-electron chi connectivity index (χ4n) is 2.25. The van der Waals surface area contributed by atoms with Gasteiger partial charge in [-0.15, -0.1) is 11.3 Å². The van der Waals surface area contributed by atoms with E-state index in [1.807, 2.05) is 29.3 Å². The Kier molecular flexibility index (Phi) is 3.84. The Balaban J connectivity index is 1.77. The minimum atomic E-state index is 0.0134. The van der Waals surface area contributed by atoms with Gasteiger partial charge in [0.05, 0.1) is 0 Å². The Morgan fingerprint density at radius 1 is 1.40 bits per heavy atom. The maximum absolute atomic E-state index is 12.4. The highest BCUT2D eigenvalue weighted by Gasteiger charge is 2.20. The lowest BCUT2D eigenvalue weighted by Crippen LogP contribution is -2.34. The number of nitrogens with one attached hydrogen (secondary N) is 1. The van der Waals surface area contributed by atoms with Gasteiger partial charge < -0.3 is 14.6 Å². The highest BCUT2D eigenvalue weighted by molar-refractivity contribution is 7.13. The van der Waals surface area contributed by atoms with Gasteiger partial charge in [0.15, 0.2) is 10.8 Å². The first-order chi connectivity index (χ1) is 9.74. The van der Waals surface area contributed by atoms with Gasteiger partial charge in [-0.1, -0.05) is 0 Å². The van der Waals surface area contributed by atoms with Crippen LogP contribution >= 0.6 is 11.3 Å². The van der Waals surface area contributed by atoms with Crippen LogP contribution in [0.1, 0.15) is 22.7 Å². The summed E-state index contributed by atoms with van der Waals surface area (Å²) in [7, 11) is 0. The first-order valence-electron chi connectivity index (χ1n) is 6.76. The van der Waals surface area contributed by atoms with E-state index in [1.165, 1.54) is 11.3 Å².